The maximum absolute atomic E-state index is 12.7. The molecule has 1 aliphatic heterocycles. The van der Waals surface area contributed by atoms with Crippen LogP contribution < -0.4 is 5.73 Å². The molecule has 1 aliphatic rings. The van der Waals surface area contributed by atoms with Crippen LogP contribution >= 0.6 is 12.4 Å². The first kappa shape index (κ1) is 18.4. The third-order valence-electron chi connectivity index (χ3n) is 4.25. The zero-order valence-electron chi connectivity index (χ0n) is 13.0. The van der Waals surface area contributed by atoms with Crippen molar-refractivity contribution in [2.45, 2.75) is 33.2 Å². The van der Waals surface area contributed by atoms with Gasteiger partial charge in [-0.15, -0.1) is 12.4 Å². The fraction of sp³-hybridized carbons (Fsp3) is 0.533. The van der Waals surface area contributed by atoms with Gasteiger partial charge in [-0.2, -0.15) is 0 Å². The van der Waals surface area contributed by atoms with Crippen molar-refractivity contribution in [2.24, 2.45) is 11.1 Å². The number of nitro benzene ring substituents is 1. The quantitative estimate of drug-likeness (QED) is 0.667. The number of piperidine rings is 1. The number of halogens is 1. The van der Waals surface area contributed by atoms with Crippen molar-refractivity contribution < 1.29 is 9.72 Å². The summed E-state index contributed by atoms with van der Waals surface area (Å²) in [5.41, 5.74) is 6.44. The number of carbonyl (C=O) groups is 1. The Balaban J connectivity index is 0.00000242. The summed E-state index contributed by atoms with van der Waals surface area (Å²) < 4.78 is 0. The molecule has 7 heteroatoms. The van der Waals surface area contributed by atoms with Gasteiger partial charge in [-0.1, -0.05) is 26.0 Å². The lowest BCUT2D eigenvalue weighted by molar-refractivity contribution is -0.385. The van der Waals surface area contributed by atoms with E-state index in [-0.39, 0.29) is 41.0 Å². The molecule has 22 heavy (non-hydrogen) atoms. The fourth-order valence-electron chi connectivity index (χ4n) is 2.79. The lowest BCUT2D eigenvalue weighted by atomic mass is 9.79. The van der Waals surface area contributed by atoms with Gasteiger partial charge in [-0.25, -0.2) is 0 Å². The van der Waals surface area contributed by atoms with Gasteiger partial charge in [0.05, 0.1) is 4.92 Å². The second kappa shape index (κ2) is 6.62. The lowest BCUT2D eigenvalue weighted by Crippen LogP contribution is -2.54. The number of carbonyl (C=O) groups excluding carboxylic acids is 1. The van der Waals surface area contributed by atoms with Crippen LogP contribution in [0.4, 0.5) is 5.69 Å². The second-order valence-corrected chi connectivity index (χ2v) is 6.34. The first-order valence-corrected chi connectivity index (χ1v) is 7.03. The van der Waals surface area contributed by atoms with Crippen molar-refractivity contribution in [3.63, 3.8) is 0 Å². The number of likely N-dealkylation sites (tertiary alicyclic amines) is 1. The number of nitrogens with zero attached hydrogens (tertiary/aromatic N) is 2. The molecule has 0 bridgehead atoms. The van der Waals surface area contributed by atoms with Crippen molar-refractivity contribution in [1.29, 1.82) is 0 Å². The summed E-state index contributed by atoms with van der Waals surface area (Å²) in [6.07, 6.45) is 0.707. The average Bonchev–Trinajstić information content (AvgIpc) is 2.40. The Morgan fingerprint density at radius 3 is 2.64 bits per heavy atom. The molecular formula is C15H22ClN3O3. The first-order valence-electron chi connectivity index (χ1n) is 7.03. The van der Waals surface area contributed by atoms with Crippen LogP contribution in [0.25, 0.3) is 0 Å². The number of rotatable bonds is 2. The van der Waals surface area contributed by atoms with Crippen molar-refractivity contribution in [1.82, 2.24) is 4.90 Å². The number of hydrogen-bond donors (Lipinski definition) is 1. The Kier molecular flexibility index (Phi) is 5.54. The molecule has 1 saturated heterocycles. The summed E-state index contributed by atoms with van der Waals surface area (Å²) in [4.78, 5) is 25.1. The van der Waals surface area contributed by atoms with Gasteiger partial charge in [0.25, 0.3) is 11.6 Å². The zero-order chi connectivity index (χ0) is 15.8. The maximum Gasteiger partial charge on any atom is 0.285 e. The minimum Gasteiger partial charge on any atom is -0.338 e. The number of amides is 1. The highest BCUT2D eigenvalue weighted by molar-refractivity contribution is 5.98. The molecule has 0 aliphatic carbocycles. The normalized spacial score (nSPS) is 20.2. The molecule has 2 N–H and O–H groups in total. The zero-order valence-corrected chi connectivity index (χ0v) is 13.9. The predicted octanol–water partition coefficient (Wildman–Crippen LogP) is 2.52. The Bertz CT molecular complexity index is 589. The molecule has 1 fully saturated rings. The number of hydrogen-bond acceptors (Lipinski definition) is 4. The van der Waals surface area contributed by atoms with E-state index in [1.54, 1.807) is 24.0 Å². The van der Waals surface area contributed by atoms with E-state index in [0.29, 0.717) is 25.1 Å². The number of nitrogens with two attached hydrogens (primary N) is 1. The lowest BCUT2D eigenvalue weighted by Gasteiger charge is -2.42. The number of benzene rings is 1. The van der Waals surface area contributed by atoms with E-state index in [4.69, 9.17) is 5.73 Å². The highest BCUT2D eigenvalue weighted by Gasteiger charge is 2.37. The van der Waals surface area contributed by atoms with Gasteiger partial charge in [0.2, 0.25) is 0 Å². The van der Waals surface area contributed by atoms with Gasteiger partial charge >= 0.3 is 0 Å². The number of para-hydroxylation sites is 1. The number of nitro groups is 1. The van der Waals surface area contributed by atoms with Crippen LogP contribution in [0.2, 0.25) is 0 Å². The highest BCUT2D eigenvalue weighted by atomic mass is 35.5. The van der Waals surface area contributed by atoms with Gasteiger partial charge in [0.15, 0.2) is 0 Å². The monoisotopic (exact) mass is 327 g/mol. The van der Waals surface area contributed by atoms with E-state index >= 15 is 0 Å². The van der Waals surface area contributed by atoms with Gasteiger partial charge < -0.3 is 10.6 Å². The van der Waals surface area contributed by atoms with Crippen LogP contribution in [0.3, 0.4) is 0 Å². The summed E-state index contributed by atoms with van der Waals surface area (Å²) >= 11 is 0. The Morgan fingerprint density at radius 2 is 2.09 bits per heavy atom. The topological polar surface area (TPSA) is 89.5 Å². The average molecular weight is 328 g/mol. The minimum atomic E-state index is -0.483. The summed E-state index contributed by atoms with van der Waals surface area (Å²) in [6, 6.07) is 4.88. The molecule has 0 saturated carbocycles. The van der Waals surface area contributed by atoms with Crippen molar-refractivity contribution >= 4 is 24.0 Å². The predicted molar refractivity (Wildman–Crippen MR) is 87.4 cm³/mol. The van der Waals surface area contributed by atoms with Crippen molar-refractivity contribution in [3.05, 3.63) is 39.4 Å². The molecule has 0 spiro atoms. The molecule has 1 aromatic rings. The standard InChI is InChI=1S/C15H21N3O3.ClH/c1-10-5-4-6-11(13(10)18(20)21)14(19)17-8-7-12(16)15(2,3)9-17;/h4-6,12H,7-9,16H2,1-3H3;1H. The van der Waals surface area contributed by atoms with E-state index in [1.807, 2.05) is 13.8 Å². The SMILES string of the molecule is Cc1cccc(C(=O)N2CCC(N)C(C)(C)C2)c1[N+](=O)[O-].Cl. The molecule has 1 unspecified atom stereocenters. The molecule has 6 nitrogen and oxygen atoms in total. The maximum atomic E-state index is 12.7. The van der Waals surface area contributed by atoms with Gasteiger partial charge in [-0.3, -0.25) is 14.9 Å². The summed E-state index contributed by atoms with van der Waals surface area (Å²) in [7, 11) is 0. The van der Waals surface area contributed by atoms with E-state index in [0.717, 1.165) is 0 Å². The molecule has 1 heterocycles. The van der Waals surface area contributed by atoms with Crippen LogP contribution in [0.1, 0.15) is 36.2 Å². The van der Waals surface area contributed by atoms with Gasteiger partial charge in [-0.05, 0) is 24.8 Å². The smallest absolute Gasteiger partial charge is 0.285 e. The van der Waals surface area contributed by atoms with Crippen molar-refractivity contribution in [2.75, 3.05) is 13.1 Å². The van der Waals surface area contributed by atoms with Crippen LogP contribution in [0.15, 0.2) is 18.2 Å². The Labute approximate surface area is 136 Å². The summed E-state index contributed by atoms with van der Waals surface area (Å²) in [6.45, 7) is 6.72. The summed E-state index contributed by atoms with van der Waals surface area (Å²) in [5, 5.41) is 11.2. The molecule has 1 amide bonds. The van der Waals surface area contributed by atoms with E-state index in [1.165, 1.54) is 6.07 Å². The molecule has 0 aromatic heterocycles. The molecule has 1 aromatic carbocycles. The van der Waals surface area contributed by atoms with Crippen LogP contribution in [-0.2, 0) is 0 Å². The number of aryl methyl sites for hydroxylation is 1. The highest BCUT2D eigenvalue weighted by Crippen LogP contribution is 2.31. The fourth-order valence-corrected chi connectivity index (χ4v) is 2.79. The van der Waals surface area contributed by atoms with Gasteiger partial charge in [0, 0.05) is 24.7 Å². The molecular weight excluding hydrogens is 306 g/mol. The minimum absolute atomic E-state index is 0. The third kappa shape index (κ3) is 3.39. The van der Waals surface area contributed by atoms with E-state index in [2.05, 4.69) is 0 Å². The Morgan fingerprint density at radius 1 is 1.45 bits per heavy atom. The first-order chi connectivity index (χ1) is 9.74. The third-order valence-corrected chi connectivity index (χ3v) is 4.25. The largest absolute Gasteiger partial charge is 0.338 e. The second-order valence-electron chi connectivity index (χ2n) is 6.34. The molecule has 122 valence electrons. The van der Waals surface area contributed by atoms with Crippen LogP contribution in [-0.4, -0.2) is 34.9 Å². The van der Waals surface area contributed by atoms with Crippen LogP contribution in [0, 0.1) is 22.5 Å². The molecule has 0 radical (unpaired) electrons. The van der Waals surface area contributed by atoms with Crippen molar-refractivity contribution in [3.8, 4) is 0 Å². The van der Waals surface area contributed by atoms with E-state index < -0.39 is 4.92 Å². The van der Waals surface area contributed by atoms with Gasteiger partial charge in [0.1, 0.15) is 5.56 Å². The van der Waals surface area contributed by atoms with Crippen LogP contribution in [0.5, 0.6) is 0 Å². The Hall–Kier alpha value is -1.66. The van der Waals surface area contributed by atoms with E-state index in [9.17, 15) is 14.9 Å². The molecule has 2 rings (SSSR count). The molecule has 1 atom stereocenters. The summed E-state index contributed by atoms with van der Waals surface area (Å²) in [5.74, 6) is -0.287.